The van der Waals surface area contributed by atoms with Crippen molar-refractivity contribution >= 4 is 5.97 Å². The van der Waals surface area contributed by atoms with Gasteiger partial charge in [0.2, 0.25) is 0 Å². The molecule has 0 aliphatic heterocycles. The molecule has 3 atom stereocenters. The van der Waals surface area contributed by atoms with Crippen molar-refractivity contribution in [3.63, 3.8) is 0 Å². The fourth-order valence-corrected chi connectivity index (χ4v) is 4.04. The van der Waals surface area contributed by atoms with Crippen molar-refractivity contribution < 1.29 is 14.6 Å². The normalized spacial score (nSPS) is 14.5. The molecular formula is C29H35NO3. The maximum absolute atomic E-state index is 13.0. The van der Waals surface area contributed by atoms with Crippen molar-refractivity contribution in [1.29, 1.82) is 0 Å². The molecule has 0 radical (unpaired) electrons. The lowest BCUT2D eigenvalue weighted by Crippen LogP contribution is -2.50. The van der Waals surface area contributed by atoms with Crippen LogP contribution in [0.2, 0.25) is 0 Å². The largest absolute Gasteiger partial charge is 0.458 e. The van der Waals surface area contributed by atoms with E-state index >= 15 is 0 Å². The van der Waals surface area contributed by atoms with Crippen molar-refractivity contribution in [3.05, 3.63) is 108 Å². The van der Waals surface area contributed by atoms with Crippen LogP contribution in [0.1, 0.15) is 50.4 Å². The third-order valence-corrected chi connectivity index (χ3v) is 5.71. The maximum atomic E-state index is 13.0. The molecule has 0 saturated carbocycles. The summed E-state index contributed by atoms with van der Waals surface area (Å²) in [6.45, 7) is 8.17. The Bertz CT molecular complexity index is 984. The first-order valence-electron chi connectivity index (χ1n) is 11.5. The highest BCUT2D eigenvalue weighted by atomic mass is 16.6. The van der Waals surface area contributed by atoms with Crippen molar-refractivity contribution in [3.8, 4) is 0 Å². The molecule has 0 aliphatic rings. The van der Waals surface area contributed by atoms with Crippen molar-refractivity contribution in [1.82, 2.24) is 4.90 Å². The Balaban J connectivity index is 2.01. The molecule has 0 aromatic heterocycles. The van der Waals surface area contributed by atoms with Crippen LogP contribution in [0.25, 0.3) is 0 Å². The van der Waals surface area contributed by atoms with Gasteiger partial charge in [-0.3, -0.25) is 4.90 Å². The average molecular weight is 446 g/mol. The van der Waals surface area contributed by atoms with Gasteiger partial charge in [0.15, 0.2) is 6.10 Å². The van der Waals surface area contributed by atoms with Crippen molar-refractivity contribution in [2.24, 2.45) is 0 Å². The van der Waals surface area contributed by atoms with E-state index in [2.05, 4.69) is 36.1 Å². The minimum atomic E-state index is -1.29. The summed E-state index contributed by atoms with van der Waals surface area (Å²) < 4.78 is 5.59. The van der Waals surface area contributed by atoms with Gasteiger partial charge in [0, 0.05) is 12.6 Å². The highest BCUT2D eigenvalue weighted by molar-refractivity contribution is 5.75. The Labute approximate surface area is 197 Å². The number of ether oxygens (including phenoxy) is 1. The molecule has 0 unspecified atom stereocenters. The minimum Gasteiger partial charge on any atom is -0.458 e. The van der Waals surface area contributed by atoms with Gasteiger partial charge in [0.1, 0.15) is 5.60 Å². The van der Waals surface area contributed by atoms with Gasteiger partial charge >= 0.3 is 5.97 Å². The molecule has 1 N–H and O–H groups in total. The van der Waals surface area contributed by atoms with Gasteiger partial charge in [-0.05, 0) is 50.8 Å². The average Bonchev–Trinajstić information content (AvgIpc) is 2.81. The summed E-state index contributed by atoms with van der Waals surface area (Å²) in [7, 11) is 0. The number of carbonyl (C=O) groups excluding carboxylic acids is 1. The molecule has 0 fully saturated rings. The second kappa shape index (κ2) is 11.3. The first kappa shape index (κ1) is 24.7. The van der Waals surface area contributed by atoms with Crippen LogP contribution in [0.4, 0.5) is 0 Å². The smallest absolute Gasteiger partial charge is 0.337 e. The molecular weight excluding hydrogens is 410 g/mol. The Morgan fingerprint density at radius 1 is 0.848 bits per heavy atom. The number of hydrogen-bond acceptors (Lipinski definition) is 4. The predicted molar refractivity (Wildman–Crippen MR) is 133 cm³/mol. The molecule has 0 amide bonds. The first-order valence-corrected chi connectivity index (χ1v) is 11.5. The number of benzene rings is 3. The highest BCUT2D eigenvalue weighted by Gasteiger charge is 2.36. The zero-order valence-electron chi connectivity index (χ0n) is 20.0. The summed E-state index contributed by atoms with van der Waals surface area (Å²) in [5.74, 6) is -0.596. The number of aliphatic hydroxyl groups is 1. The Morgan fingerprint density at radius 3 is 1.85 bits per heavy atom. The van der Waals surface area contributed by atoms with E-state index in [-0.39, 0.29) is 6.04 Å². The number of aliphatic hydroxyl groups excluding tert-OH is 1. The minimum absolute atomic E-state index is 0.0304. The summed E-state index contributed by atoms with van der Waals surface area (Å²) in [5, 5.41) is 11.3. The van der Waals surface area contributed by atoms with E-state index in [1.165, 1.54) is 0 Å². The van der Waals surface area contributed by atoms with E-state index in [9.17, 15) is 9.90 Å². The number of rotatable bonds is 9. The van der Waals surface area contributed by atoms with Gasteiger partial charge in [0.05, 0.1) is 6.04 Å². The number of carbonyl (C=O) groups is 1. The standard InChI is InChI=1S/C29H35NO3/c1-22(25-18-12-7-13-19-25)30(21-24-16-10-6-11-17-24)26(20-23-14-8-5-9-15-23)27(31)28(32)33-29(2,3)4/h5-19,22,26-27,31H,20-21H2,1-4H3/t22-,26-,27-/m0/s1. The summed E-state index contributed by atoms with van der Waals surface area (Å²) in [6.07, 6.45) is -0.773. The van der Waals surface area contributed by atoms with Crippen LogP contribution in [-0.2, 0) is 22.5 Å². The summed E-state index contributed by atoms with van der Waals surface area (Å²) in [6, 6.07) is 29.8. The van der Waals surface area contributed by atoms with Crippen LogP contribution in [0.15, 0.2) is 91.0 Å². The predicted octanol–water partition coefficient (Wildman–Crippen LogP) is 5.56. The van der Waals surface area contributed by atoms with Gasteiger partial charge in [-0.2, -0.15) is 0 Å². The van der Waals surface area contributed by atoms with Crippen LogP contribution in [0.5, 0.6) is 0 Å². The fourth-order valence-electron chi connectivity index (χ4n) is 4.04. The van der Waals surface area contributed by atoms with E-state index < -0.39 is 23.7 Å². The lowest BCUT2D eigenvalue weighted by molar-refractivity contribution is -0.169. The van der Waals surface area contributed by atoms with E-state index in [0.717, 1.165) is 16.7 Å². The Hall–Kier alpha value is -2.95. The highest BCUT2D eigenvalue weighted by Crippen LogP contribution is 2.29. The molecule has 0 aliphatic carbocycles. The van der Waals surface area contributed by atoms with Gasteiger partial charge in [-0.25, -0.2) is 4.79 Å². The number of hydrogen-bond donors (Lipinski definition) is 1. The monoisotopic (exact) mass is 445 g/mol. The summed E-state index contributed by atoms with van der Waals surface area (Å²) in [4.78, 5) is 15.2. The second-order valence-corrected chi connectivity index (χ2v) is 9.48. The van der Waals surface area contributed by atoms with Crippen LogP contribution >= 0.6 is 0 Å². The van der Waals surface area contributed by atoms with Crippen LogP contribution in [0, 0.1) is 0 Å². The molecule has 3 aromatic rings. The zero-order valence-corrected chi connectivity index (χ0v) is 20.0. The van der Waals surface area contributed by atoms with E-state index in [0.29, 0.717) is 13.0 Å². The molecule has 0 spiro atoms. The molecule has 0 heterocycles. The maximum Gasteiger partial charge on any atom is 0.337 e. The third-order valence-electron chi connectivity index (χ3n) is 5.71. The SMILES string of the molecule is C[C@@H](c1ccccc1)N(Cc1ccccc1)[C@@H](Cc1ccccc1)[C@H](O)C(=O)OC(C)(C)C. The van der Waals surface area contributed by atoms with Crippen LogP contribution < -0.4 is 0 Å². The van der Waals surface area contributed by atoms with Gasteiger partial charge in [0.25, 0.3) is 0 Å². The molecule has 0 saturated heterocycles. The fraction of sp³-hybridized carbons (Fsp3) is 0.345. The Kier molecular flexibility index (Phi) is 8.43. The molecule has 174 valence electrons. The van der Waals surface area contributed by atoms with E-state index in [1.54, 1.807) is 0 Å². The quantitative estimate of drug-likeness (QED) is 0.438. The summed E-state index contributed by atoms with van der Waals surface area (Å²) in [5.41, 5.74) is 2.63. The lowest BCUT2D eigenvalue weighted by Gasteiger charge is -2.39. The van der Waals surface area contributed by atoms with Crippen molar-refractivity contribution in [2.45, 2.75) is 64.4 Å². The van der Waals surface area contributed by atoms with Gasteiger partial charge < -0.3 is 9.84 Å². The molecule has 4 heteroatoms. The van der Waals surface area contributed by atoms with Crippen molar-refractivity contribution in [2.75, 3.05) is 0 Å². The molecule has 3 rings (SSSR count). The first-order chi connectivity index (χ1) is 15.7. The molecule has 0 bridgehead atoms. The number of nitrogens with zero attached hydrogens (tertiary/aromatic N) is 1. The lowest BCUT2D eigenvalue weighted by atomic mass is 9.95. The van der Waals surface area contributed by atoms with E-state index in [4.69, 9.17) is 4.74 Å². The second-order valence-electron chi connectivity index (χ2n) is 9.48. The zero-order chi connectivity index (χ0) is 23.8. The third kappa shape index (κ3) is 7.28. The number of esters is 1. The molecule has 33 heavy (non-hydrogen) atoms. The van der Waals surface area contributed by atoms with Crippen LogP contribution in [-0.4, -0.2) is 33.7 Å². The molecule has 3 aromatic carbocycles. The van der Waals surface area contributed by atoms with Crippen LogP contribution in [0.3, 0.4) is 0 Å². The van der Waals surface area contributed by atoms with Gasteiger partial charge in [-0.15, -0.1) is 0 Å². The summed E-state index contributed by atoms with van der Waals surface area (Å²) >= 11 is 0. The molecule has 4 nitrogen and oxygen atoms in total. The van der Waals surface area contributed by atoms with E-state index in [1.807, 2.05) is 87.5 Å². The van der Waals surface area contributed by atoms with Gasteiger partial charge in [-0.1, -0.05) is 91.0 Å². The topological polar surface area (TPSA) is 49.8 Å². The Morgan fingerprint density at radius 2 is 1.33 bits per heavy atom.